The summed E-state index contributed by atoms with van der Waals surface area (Å²) < 4.78 is 0. The Kier molecular flexibility index (Phi) is 15.0. The van der Waals surface area contributed by atoms with Gasteiger partial charge in [0, 0.05) is 6.20 Å². The zero-order chi connectivity index (χ0) is 5.82. The van der Waals surface area contributed by atoms with Gasteiger partial charge < -0.3 is 11.1 Å². The first-order valence-electron chi connectivity index (χ1n) is 2.45. The lowest BCUT2D eigenvalue weighted by atomic mass is 10.5. The van der Waals surface area contributed by atoms with Crippen molar-refractivity contribution >= 4 is 37.2 Å². The van der Waals surface area contributed by atoms with E-state index in [-0.39, 0.29) is 37.2 Å². The largest absolute Gasteiger partial charge is 0.385 e. The minimum absolute atomic E-state index is 0. The predicted molar refractivity (Wildman–Crippen MR) is 55.4 cm³/mol. The molecule has 0 amide bonds. The number of hydrogen-bond acceptors (Lipinski definition) is 2. The molecule has 0 aliphatic carbocycles. The molecule has 0 unspecified atom stereocenters. The fourth-order valence-electron chi connectivity index (χ4n) is 0.471. The van der Waals surface area contributed by atoms with Gasteiger partial charge in [-0.3, -0.25) is 0 Å². The molecular weight excluding hydrogens is 206 g/mol. The van der Waals surface area contributed by atoms with Crippen LogP contribution in [0.3, 0.4) is 0 Å². The van der Waals surface area contributed by atoms with Gasteiger partial charge in [0.05, 0.1) is 5.82 Å². The second-order valence-electron chi connectivity index (χ2n) is 1.51. The third-order valence-corrected chi connectivity index (χ3v) is 0.844. The molecule has 1 aliphatic heterocycles. The van der Waals surface area contributed by atoms with Crippen LogP contribution in [0, 0.1) is 0 Å². The maximum absolute atomic E-state index is 5.38. The van der Waals surface area contributed by atoms with Crippen LogP contribution >= 0.6 is 37.2 Å². The molecule has 0 spiro atoms. The third kappa shape index (κ3) is 7.59. The van der Waals surface area contributed by atoms with E-state index in [1.165, 1.54) is 0 Å². The van der Waals surface area contributed by atoms with Crippen molar-refractivity contribution in [3.05, 3.63) is 36.3 Å². The molecule has 0 bridgehead atoms. The van der Waals surface area contributed by atoms with Gasteiger partial charge in [-0.1, -0.05) is 12.2 Å². The monoisotopic (exact) mass is 216 g/mol. The van der Waals surface area contributed by atoms with Gasteiger partial charge in [-0.2, -0.15) is 0 Å². The van der Waals surface area contributed by atoms with Crippen LogP contribution in [0.1, 0.15) is 0 Å². The number of allylic oxidation sites excluding steroid dienone is 4. The Morgan fingerprint density at radius 3 is 2.27 bits per heavy atom. The lowest BCUT2D eigenvalue weighted by molar-refractivity contribution is 1.03. The number of rotatable bonds is 0. The fourth-order valence-corrected chi connectivity index (χ4v) is 0.471. The van der Waals surface area contributed by atoms with E-state index in [2.05, 4.69) is 5.32 Å². The Labute approximate surface area is 84.8 Å². The van der Waals surface area contributed by atoms with Gasteiger partial charge in [-0.15, -0.1) is 37.2 Å². The number of nitrogens with one attached hydrogen (secondary N) is 1. The average molecular weight is 218 g/mol. The van der Waals surface area contributed by atoms with Crippen LogP contribution in [0.4, 0.5) is 0 Å². The van der Waals surface area contributed by atoms with E-state index >= 15 is 0 Å². The molecule has 0 aromatic carbocycles. The molecule has 11 heavy (non-hydrogen) atoms. The predicted octanol–water partition coefficient (Wildman–Crippen LogP) is 1.73. The summed E-state index contributed by atoms with van der Waals surface area (Å²) in [7, 11) is 0. The van der Waals surface area contributed by atoms with Crippen molar-refractivity contribution in [2.45, 2.75) is 0 Å². The van der Waals surface area contributed by atoms with Gasteiger partial charge in [0.1, 0.15) is 0 Å². The summed E-state index contributed by atoms with van der Waals surface area (Å²) in [5, 5.41) is 2.84. The van der Waals surface area contributed by atoms with E-state index in [1.54, 1.807) is 12.3 Å². The molecule has 5 heteroatoms. The Morgan fingerprint density at radius 1 is 1.00 bits per heavy atom. The molecule has 1 heterocycles. The summed E-state index contributed by atoms with van der Waals surface area (Å²) in [6.07, 6.45) is 9.27. The molecule has 0 saturated heterocycles. The molecule has 0 aromatic rings. The van der Waals surface area contributed by atoms with E-state index in [4.69, 9.17) is 5.73 Å². The highest BCUT2D eigenvalue weighted by Crippen LogP contribution is 1.86. The fraction of sp³-hybridized carbons (Fsp3) is 0. The normalized spacial score (nSPS) is 12.2. The van der Waals surface area contributed by atoms with Gasteiger partial charge >= 0.3 is 0 Å². The Balaban J connectivity index is -0.000000213. The highest BCUT2D eigenvalue weighted by molar-refractivity contribution is 5.86. The van der Waals surface area contributed by atoms with Gasteiger partial charge in [-0.25, -0.2) is 0 Å². The maximum atomic E-state index is 5.38. The molecule has 0 saturated carbocycles. The first kappa shape index (κ1) is 17.0. The summed E-state index contributed by atoms with van der Waals surface area (Å²) in [5.41, 5.74) is 5.38. The standard InChI is InChI=1S/C6H8N2.3ClH/c7-6-4-2-1-3-5-8-6;;;/h1-5,8H,7H2;3*1H. The van der Waals surface area contributed by atoms with Crippen molar-refractivity contribution in [3.63, 3.8) is 0 Å². The minimum Gasteiger partial charge on any atom is -0.385 e. The van der Waals surface area contributed by atoms with Gasteiger partial charge in [0.2, 0.25) is 0 Å². The SMILES string of the molecule is Cl.Cl.Cl.NC1=CC=CC=CN1. The van der Waals surface area contributed by atoms with Crippen LogP contribution in [0.15, 0.2) is 36.3 Å². The summed E-state index contributed by atoms with van der Waals surface area (Å²) in [6, 6.07) is 0. The maximum Gasteiger partial charge on any atom is 0.1000 e. The topological polar surface area (TPSA) is 38.0 Å². The second kappa shape index (κ2) is 9.69. The van der Waals surface area contributed by atoms with Crippen molar-refractivity contribution in [2.75, 3.05) is 0 Å². The van der Waals surface area contributed by atoms with E-state index in [0.717, 1.165) is 0 Å². The Morgan fingerprint density at radius 2 is 1.64 bits per heavy atom. The van der Waals surface area contributed by atoms with Crippen LogP contribution in [0.25, 0.3) is 0 Å². The lowest BCUT2D eigenvalue weighted by Gasteiger charge is -1.93. The van der Waals surface area contributed by atoms with E-state index in [0.29, 0.717) is 5.82 Å². The Bertz CT molecular complexity index is 163. The van der Waals surface area contributed by atoms with E-state index < -0.39 is 0 Å². The van der Waals surface area contributed by atoms with Crippen molar-refractivity contribution in [1.82, 2.24) is 5.32 Å². The molecule has 66 valence electrons. The molecule has 1 rings (SSSR count). The summed E-state index contributed by atoms with van der Waals surface area (Å²) in [4.78, 5) is 0. The zero-order valence-corrected chi connectivity index (χ0v) is 8.14. The van der Waals surface area contributed by atoms with Gasteiger partial charge in [0.25, 0.3) is 0 Å². The number of halogens is 3. The lowest BCUT2D eigenvalue weighted by Crippen LogP contribution is -2.12. The number of nitrogens with two attached hydrogens (primary N) is 1. The second-order valence-corrected chi connectivity index (χ2v) is 1.51. The molecular formula is C6H11Cl3N2. The van der Waals surface area contributed by atoms with E-state index in [9.17, 15) is 0 Å². The average Bonchev–Trinajstić information content (AvgIpc) is 1.94. The first-order valence-corrected chi connectivity index (χ1v) is 2.45. The van der Waals surface area contributed by atoms with Crippen molar-refractivity contribution in [2.24, 2.45) is 5.73 Å². The smallest absolute Gasteiger partial charge is 0.1000 e. The molecule has 0 fully saturated rings. The number of hydrogen-bond donors (Lipinski definition) is 2. The molecule has 0 atom stereocenters. The van der Waals surface area contributed by atoms with Crippen molar-refractivity contribution < 1.29 is 0 Å². The van der Waals surface area contributed by atoms with Crippen molar-refractivity contribution in [3.8, 4) is 0 Å². The molecule has 3 N–H and O–H groups in total. The van der Waals surface area contributed by atoms with Crippen LogP contribution in [0.2, 0.25) is 0 Å². The van der Waals surface area contributed by atoms with Gasteiger partial charge in [-0.05, 0) is 12.2 Å². The molecule has 1 aliphatic rings. The minimum atomic E-state index is 0. The summed E-state index contributed by atoms with van der Waals surface area (Å²) >= 11 is 0. The quantitative estimate of drug-likeness (QED) is 0.648. The highest BCUT2D eigenvalue weighted by Gasteiger charge is 1.80. The van der Waals surface area contributed by atoms with Crippen LogP contribution < -0.4 is 11.1 Å². The molecule has 0 radical (unpaired) electrons. The Hall–Kier alpha value is -0.310. The third-order valence-electron chi connectivity index (χ3n) is 0.844. The van der Waals surface area contributed by atoms with Crippen LogP contribution in [-0.2, 0) is 0 Å². The van der Waals surface area contributed by atoms with Gasteiger partial charge in [0.15, 0.2) is 0 Å². The first-order chi connectivity index (χ1) is 3.89. The highest BCUT2D eigenvalue weighted by atomic mass is 35.5. The molecule has 0 aromatic heterocycles. The van der Waals surface area contributed by atoms with Crippen molar-refractivity contribution in [1.29, 1.82) is 0 Å². The van der Waals surface area contributed by atoms with E-state index in [1.807, 2.05) is 18.2 Å². The zero-order valence-electron chi connectivity index (χ0n) is 5.69. The summed E-state index contributed by atoms with van der Waals surface area (Å²) in [5.74, 6) is 0.676. The summed E-state index contributed by atoms with van der Waals surface area (Å²) in [6.45, 7) is 0. The van der Waals surface area contributed by atoms with Crippen LogP contribution in [-0.4, -0.2) is 0 Å². The molecule has 2 nitrogen and oxygen atoms in total. The van der Waals surface area contributed by atoms with Crippen LogP contribution in [0.5, 0.6) is 0 Å².